The number of nitrogen functional groups attached to an aromatic ring is 1. The van der Waals surface area contributed by atoms with E-state index in [4.69, 9.17) is 17.3 Å². The first-order valence-corrected chi connectivity index (χ1v) is 8.95. The van der Waals surface area contributed by atoms with Crippen LogP contribution in [-0.2, 0) is 5.75 Å². The van der Waals surface area contributed by atoms with Crippen molar-refractivity contribution in [2.45, 2.75) is 48.9 Å². The number of aromatic nitrogens is 3. The van der Waals surface area contributed by atoms with Gasteiger partial charge in [0.15, 0.2) is 5.16 Å². The Hall–Kier alpha value is -1.33. The lowest BCUT2D eigenvalue weighted by molar-refractivity contribution is 0.435. The topological polar surface area (TPSA) is 64.7 Å². The van der Waals surface area contributed by atoms with Gasteiger partial charge in [-0.25, -0.2) is 9.97 Å². The van der Waals surface area contributed by atoms with Gasteiger partial charge in [0.25, 0.3) is 0 Å². The average Bonchev–Trinajstić information content (AvgIpc) is 2.53. The van der Waals surface area contributed by atoms with Gasteiger partial charge in [-0.1, -0.05) is 48.7 Å². The largest absolute Gasteiger partial charge is 0.384 e. The summed E-state index contributed by atoms with van der Waals surface area (Å²) in [7, 11) is 0. The van der Waals surface area contributed by atoms with Crippen LogP contribution in [0.4, 0.5) is 5.82 Å². The summed E-state index contributed by atoms with van der Waals surface area (Å²) >= 11 is 7.48. The average molecular weight is 335 g/mol. The molecule has 0 aliphatic heterocycles. The van der Waals surface area contributed by atoms with Gasteiger partial charge in [-0.05, 0) is 24.5 Å². The summed E-state index contributed by atoms with van der Waals surface area (Å²) in [6.45, 7) is 0. The van der Waals surface area contributed by atoms with E-state index in [0.717, 1.165) is 5.75 Å². The highest BCUT2D eigenvalue weighted by atomic mass is 35.5. The zero-order valence-electron chi connectivity index (χ0n) is 12.3. The minimum atomic E-state index is 0.383. The molecule has 4 nitrogen and oxygen atoms in total. The van der Waals surface area contributed by atoms with Crippen molar-refractivity contribution in [1.82, 2.24) is 15.0 Å². The van der Waals surface area contributed by atoms with Gasteiger partial charge in [-0.2, -0.15) is 0 Å². The third-order valence-electron chi connectivity index (χ3n) is 3.97. The fourth-order valence-corrected chi connectivity index (χ4v) is 4.04. The number of halogens is 1. The predicted molar refractivity (Wildman–Crippen MR) is 91.1 cm³/mol. The fraction of sp³-hybridized carbons (Fsp3) is 0.438. The number of thioether (sulfide) groups is 1. The maximum atomic E-state index is 5.93. The number of rotatable bonds is 4. The Morgan fingerprint density at radius 2 is 2.05 bits per heavy atom. The second-order valence-corrected chi connectivity index (χ2v) is 6.90. The lowest BCUT2D eigenvalue weighted by atomic mass is 9.85. The molecule has 0 unspecified atom stereocenters. The SMILES string of the molecule is Nc1cc(Cl)nc(SCc2cccnc2C2CCCCC2)n1. The van der Waals surface area contributed by atoms with Crippen LogP contribution in [0.25, 0.3) is 0 Å². The van der Waals surface area contributed by atoms with E-state index in [0.29, 0.717) is 22.0 Å². The predicted octanol–water partition coefficient (Wildman–Crippen LogP) is 4.45. The second-order valence-electron chi connectivity index (χ2n) is 5.57. The zero-order valence-corrected chi connectivity index (χ0v) is 13.9. The van der Waals surface area contributed by atoms with Crippen LogP contribution in [0.3, 0.4) is 0 Å². The van der Waals surface area contributed by atoms with Crippen LogP contribution >= 0.6 is 23.4 Å². The Morgan fingerprint density at radius 1 is 1.23 bits per heavy atom. The Morgan fingerprint density at radius 3 is 2.82 bits per heavy atom. The molecule has 2 aromatic rings. The third kappa shape index (κ3) is 3.90. The molecule has 1 aliphatic rings. The Bertz CT molecular complexity index is 624. The van der Waals surface area contributed by atoms with Gasteiger partial charge in [0.2, 0.25) is 0 Å². The molecule has 22 heavy (non-hydrogen) atoms. The Labute approximate surface area is 139 Å². The minimum absolute atomic E-state index is 0.383. The maximum Gasteiger partial charge on any atom is 0.191 e. The van der Waals surface area contributed by atoms with Crippen molar-refractivity contribution in [3.05, 3.63) is 40.8 Å². The van der Waals surface area contributed by atoms with Crippen LogP contribution < -0.4 is 5.73 Å². The monoisotopic (exact) mass is 334 g/mol. The fourth-order valence-electron chi connectivity index (χ4n) is 2.94. The lowest BCUT2D eigenvalue weighted by Gasteiger charge is -2.23. The molecule has 0 spiro atoms. The summed E-state index contributed by atoms with van der Waals surface area (Å²) in [4.78, 5) is 13.1. The molecule has 0 atom stereocenters. The second kappa shape index (κ2) is 7.29. The molecule has 2 N–H and O–H groups in total. The van der Waals surface area contributed by atoms with Gasteiger partial charge in [0, 0.05) is 29.6 Å². The number of hydrogen-bond acceptors (Lipinski definition) is 5. The van der Waals surface area contributed by atoms with E-state index in [-0.39, 0.29) is 0 Å². The van der Waals surface area contributed by atoms with Crippen molar-refractivity contribution in [2.24, 2.45) is 0 Å². The molecule has 1 saturated carbocycles. The molecule has 0 saturated heterocycles. The summed E-state index contributed by atoms with van der Waals surface area (Å²) in [6.07, 6.45) is 8.35. The van der Waals surface area contributed by atoms with Gasteiger partial charge in [-0.3, -0.25) is 4.98 Å². The van der Waals surface area contributed by atoms with E-state index in [9.17, 15) is 0 Å². The van der Waals surface area contributed by atoms with E-state index in [1.54, 1.807) is 17.8 Å². The minimum Gasteiger partial charge on any atom is -0.384 e. The highest BCUT2D eigenvalue weighted by molar-refractivity contribution is 7.98. The van der Waals surface area contributed by atoms with Crippen LogP contribution in [0.5, 0.6) is 0 Å². The van der Waals surface area contributed by atoms with Crippen molar-refractivity contribution < 1.29 is 0 Å². The lowest BCUT2D eigenvalue weighted by Crippen LogP contribution is -2.09. The molecule has 6 heteroatoms. The smallest absolute Gasteiger partial charge is 0.191 e. The van der Waals surface area contributed by atoms with Gasteiger partial charge in [-0.15, -0.1) is 0 Å². The van der Waals surface area contributed by atoms with Crippen molar-refractivity contribution in [3.8, 4) is 0 Å². The molecule has 2 heterocycles. The molecule has 116 valence electrons. The molecule has 0 radical (unpaired) electrons. The van der Waals surface area contributed by atoms with Crippen molar-refractivity contribution in [1.29, 1.82) is 0 Å². The number of nitrogens with zero attached hydrogens (tertiary/aromatic N) is 3. The van der Waals surface area contributed by atoms with E-state index in [2.05, 4.69) is 21.0 Å². The molecule has 2 aromatic heterocycles. The normalized spacial score (nSPS) is 15.9. The first-order valence-electron chi connectivity index (χ1n) is 7.59. The van der Waals surface area contributed by atoms with Crippen LogP contribution in [-0.4, -0.2) is 15.0 Å². The molecule has 1 aliphatic carbocycles. The summed E-state index contributed by atoms with van der Waals surface area (Å²) in [5.41, 5.74) is 8.22. The van der Waals surface area contributed by atoms with Crippen LogP contribution in [0.1, 0.15) is 49.3 Å². The summed E-state index contributed by atoms with van der Waals surface area (Å²) < 4.78 is 0. The maximum absolute atomic E-state index is 5.93. The van der Waals surface area contributed by atoms with Crippen molar-refractivity contribution >= 4 is 29.2 Å². The quantitative estimate of drug-likeness (QED) is 0.508. The standard InChI is InChI=1S/C16H19ClN4S/c17-13-9-14(18)21-16(20-13)22-10-12-7-4-8-19-15(12)11-5-2-1-3-6-11/h4,7-9,11H,1-3,5-6,10H2,(H2,18,20,21). The molecule has 0 aromatic carbocycles. The van der Waals surface area contributed by atoms with Crippen molar-refractivity contribution in [2.75, 3.05) is 5.73 Å². The molecule has 3 rings (SSSR count). The number of hydrogen-bond donors (Lipinski definition) is 1. The van der Waals surface area contributed by atoms with Crippen LogP contribution in [0.2, 0.25) is 5.15 Å². The summed E-state index contributed by atoms with van der Waals surface area (Å²) in [6, 6.07) is 5.70. The van der Waals surface area contributed by atoms with E-state index >= 15 is 0 Å². The van der Waals surface area contributed by atoms with E-state index in [1.807, 2.05) is 12.3 Å². The Balaban J connectivity index is 1.74. The number of nitrogens with two attached hydrogens (primary N) is 1. The highest BCUT2D eigenvalue weighted by Crippen LogP contribution is 2.34. The molecule has 1 fully saturated rings. The zero-order chi connectivity index (χ0) is 15.4. The summed E-state index contributed by atoms with van der Waals surface area (Å²) in [5.74, 6) is 1.79. The number of anilines is 1. The van der Waals surface area contributed by atoms with Gasteiger partial charge in [0.05, 0.1) is 0 Å². The van der Waals surface area contributed by atoms with E-state index in [1.165, 1.54) is 43.4 Å². The molecular formula is C16H19ClN4S. The molecular weight excluding hydrogens is 316 g/mol. The summed E-state index contributed by atoms with van der Waals surface area (Å²) in [5, 5.41) is 0.997. The van der Waals surface area contributed by atoms with Gasteiger partial charge >= 0.3 is 0 Å². The first kappa shape index (κ1) is 15.6. The van der Waals surface area contributed by atoms with Gasteiger partial charge < -0.3 is 5.73 Å². The third-order valence-corrected chi connectivity index (χ3v) is 5.06. The molecule has 0 amide bonds. The van der Waals surface area contributed by atoms with Crippen LogP contribution in [0.15, 0.2) is 29.6 Å². The van der Waals surface area contributed by atoms with Crippen molar-refractivity contribution in [3.63, 3.8) is 0 Å². The highest BCUT2D eigenvalue weighted by Gasteiger charge is 2.19. The molecule has 0 bridgehead atoms. The Kier molecular flexibility index (Phi) is 5.16. The first-order chi connectivity index (χ1) is 10.7. The number of pyridine rings is 1. The van der Waals surface area contributed by atoms with Gasteiger partial charge in [0.1, 0.15) is 11.0 Å². The van der Waals surface area contributed by atoms with Crippen LogP contribution in [0, 0.1) is 0 Å². The van der Waals surface area contributed by atoms with E-state index < -0.39 is 0 Å².